The topological polar surface area (TPSA) is 46.2 Å². The van der Waals surface area contributed by atoms with Crippen molar-refractivity contribution in [2.24, 2.45) is 0 Å². The van der Waals surface area contributed by atoms with E-state index in [1.54, 1.807) is 0 Å². The molecule has 23 valence electrons. The van der Waals surface area contributed by atoms with Crippen molar-refractivity contribution in [1.82, 2.24) is 0 Å². The molecule has 1 radical (unpaired) electrons. The second kappa shape index (κ2) is 2.43. The van der Waals surface area contributed by atoms with E-state index in [1.165, 1.54) is 0 Å². The van der Waals surface area contributed by atoms with Crippen LogP contribution in [0.15, 0.2) is 0 Å². The largest absolute Gasteiger partial charge is 0.334 e. The summed E-state index contributed by atoms with van der Waals surface area (Å²) in [4.78, 5) is 11.2. The van der Waals surface area contributed by atoms with E-state index in [1.807, 2.05) is 0 Å². The Bertz CT molecular complexity index is 17.2. The number of carbonyl (C=O) groups excluding carboxylic acids is 1. The van der Waals surface area contributed by atoms with Crippen molar-refractivity contribution in [2.75, 3.05) is 0 Å². The predicted octanol–water partition coefficient (Wildman–Crippen LogP) is -0.495. The molecule has 0 heterocycles. The highest BCUT2D eigenvalue weighted by atomic mass is 18.1. The molecule has 0 atom stereocenters. The fourth-order valence-corrected chi connectivity index (χ4v) is 0. The van der Waals surface area contributed by atoms with E-state index < -0.39 is 0 Å². The maximum Gasteiger partial charge on any atom is 0.334 e. The molecule has 0 amide bonds. The fourth-order valence-electron chi connectivity index (χ4n) is 0. The molecule has 0 spiro atoms. The molecular weight excluding hydrogens is 62.0 g/mol. The molecule has 3 nitrogen and oxygen atoms in total. The van der Waals surface area contributed by atoms with Crippen molar-refractivity contribution in [2.45, 2.75) is 0 Å². The molecule has 0 bridgehead atoms. The smallest absolute Gasteiger partial charge is 0.269 e. The second-order valence-electron chi connectivity index (χ2n) is 0.192. The van der Waals surface area contributed by atoms with Crippen molar-refractivity contribution in [3.63, 3.8) is 0 Å². The van der Waals surface area contributed by atoms with Crippen LogP contribution in [-0.4, -0.2) is 6.47 Å². The number of rotatable bonds is 1. The molecule has 4 heavy (non-hydrogen) atoms. The Balaban J connectivity index is 2.30. The molecule has 0 rings (SSSR count). The van der Waals surface area contributed by atoms with Crippen LogP contribution in [0.1, 0.15) is 0 Å². The van der Waals surface area contributed by atoms with Crippen LogP contribution in [0.25, 0.3) is 0 Å². The van der Waals surface area contributed by atoms with Crippen LogP contribution in [0.3, 0.4) is 0 Å². The predicted molar refractivity (Wildman–Crippen MR) is 7.84 cm³/mol. The summed E-state index contributed by atoms with van der Waals surface area (Å²) in [5, 5.41) is 8.43. The van der Waals surface area contributed by atoms with Gasteiger partial charge in [-0.25, -0.2) is 0 Å². The maximum atomic E-state index is 8.64. The minimum atomic E-state index is -0.181. The number of hydrogen-bond donors (Lipinski definition) is 0. The first-order valence-corrected chi connectivity index (χ1v) is 0.638. The lowest BCUT2D eigenvalue weighted by atomic mass is 11.7. The lowest BCUT2D eigenvalue weighted by Crippen LogP contribution is -1.66. The van der Waals surface area contributed by atoms with Gasteiger partial charge in [0.25, 0.3) is 0 Å². The van der Waals surface area contributed by atoms with E-state index in [-0.39, 0.29) is 6.47 Å². The highest BCUT2D eigenvalue weighted by molar-refractivity contribution is 5.35. The summed E-state index contributed by atoms with van der Waals surface area (Å²) in [5.41, 5.74) is 0. The van der Waals surface area contributed by atoms with E-state index in [9.17, 15) is 0 Å². The Labute approximate surface area is 22.7 Å². The van der Waals surface area contributed by atoms with Gasteiger partial charge in [0.15, 0.2) is 0 Å². The number of hydrogen-bond acceptors (Lipinski definition) is 2. The van der Waals surface area contributed by atoms with E-state index in [0.29, 0.717) is 0 Å². The zero-order valence-electron chi connectivity index (χ0n) is 1.80. The molecule has 0 N–H and O–H groups in total. The molecule has 0 aromatic heterocycles. The van der Waals surface area contributed by atoms with Crippen molar-refractivity contribution >= 4 is 6.47 Å². The molecule has 0 unspecified atom stereocenters. The van der Waals surface area contributed by atoms with E-state index in [4.69, 9.17) is 10.1 Å². The first-order valence-electron chi connectivity index (χ1n) is 0.638. The van der Waals surface area contributed by atoms with Crippen LogP contribution in [0.5, 0.6) is 0 Å². The minimum Gasteiger partial charge on any atom is -0.269 e. The summed E-state index contributed by atoms with van der Waals surface area (Å²) in [5.74, 6) is 0. The third kappa shape index (κ3) is 1.43. The standard InChI is InChI=1S/CHO3/c2-1-4-3/h1H/i2+2. The molecule has 0 saturated heterocycles. The van der Waals surface area contributed by atoms with Gasteiger partial charge in [-0.1, -0.05) is 0 Å². The zero-order chi connectivity index (χ0) is 3.41. The Kier molecular flexibility index (Phi) is 2.08. The summed E-state index contributed by atoms with van der Waals surface area (Å²) >= 11 is 0. The molecule has 0 aliphatic carbocycles. The molecule has 0 aliphatic rings. The average Bonchev–Trinajstić information content (AvgIpc) is 1.37. The second-order valence-corrected chi connectivity index (χ2v) is 0.192. The van der Waals surface area contributed by atoms with Gasteiger partial charge in [-0.15, -0.1) is 0 Å². The van der Waals surface area contributed by atoms with Crippen LogP contribution < -0.4 is 0 Å². The third-order valence-electron chi connectivity index (χ3n) is 0.0393. The first kappa shape index (κ1) is 3.43. The van der Waals surface area contributed by atoms with Crippen LogP contribution >= 0.6 is 0 Å². The summed E-state index contributed by atoms with van der Waals surface area (Å²) < 4.78 is 0. The zero-order valence-corrected chi connectivity index (χ0v) is 1.80. The van der Waals surface area contributed by atoms with E-state index in [0.717, 1.165) is 0 Å². The van der Waals surface area contributed by atoms with Crippen molar-refractivity contribution < 1.29 is 14.9 Å². The summed E-state index contributed by atoms with van der Waals surface area (Å²) in [6.45, 7) is -0.181. The Morgan fingerprint density at radius 3 is 2.25 bits per heavy atom. The summed E-state index contributed by atoms with van der Waals surface area (Å²) in [6, 6.07) is 0. The monoisotopic (exact) mass is 63.0 g/mol. The van der Waals surface area contributed by atoms with Gasteiger partial charge in [0.2, 0.25) is 0 Å². The van der Waals surface area contributed by atoms with Crippen molar-refractivity contribution in [3.05, 3.63) is 0 Å². The van der Waals surface area contributed by atoms with Crippen LogP contribution in [-0.2, 0) is 14.9 Å². The lowest BCUT2D eigenvalue weighted by Gasteiger charge is -1.56. The molecule has 0 aromatic rings. The summed E-state index contributed by atoms with van der Waals surface area (Å²) in [6.07, 6.45) is 0. The quantitative estimate of drug-likeness (QED) is 0.178. The van der Waals surface area contributed by atoms with Gasteiger partial charge in [0.05, 0.1) is 0 Å². The van der Waals surface area contributed by atoms with E-state index in [2.05, 4.69) is 4.89 Å². The number of carbonyl (C=O) groups is 1. The van der Waals surface area contributed by atoms with Crippen molar-refractivity contribution in [1.29, 1.82) is 0 Å². The normalized spacial score (nSPS) is 5.25. The molecule has 0 fully saturated rings. The van der Waals surface area contributed by atoms with E-state index >= 15 is 0 Å². The Morgan fingerprint density at radius 1 is 2.00 bits per heavy atom. The molecule has 3 heteroatoms. The van der Waals surface area contributed by atoms with Crippen LogP contribution in [0.2, 0.25) is 0 Å². The van der Waals surface area contributed by atoms with Gasteiger partial charge < -0.3 is 0 Å². The third-order valence-corrected chi connectivity index (χ3v) is 0.0393. The summed E-state index contributed by atoms with van der Waals surface area (Å²) in [7, 11) is 0. The average molecular weight is 63.0 g/mol. The van der Waals surface area contributed by atoms with Gasteiger partial charge in [-0.05, 0) is 0 Å². The maximum absolute atomic E-state index is 8.64. The molecule has 0 saturated carbocycles. The van der Waals surface area contributed by atoms with Gasteiger partial charge in [0.1, 0.15) is 0 Å². The SMILES string of the molecule is [O]OC=[18O]. The Morgan fingerprint density at radius 2 is 2.25 bits per heavy atom. The Hall–Kier alpha value is -0.570. The highest BCUT2D eigenvalue weighted by Crippen LogP contribution is 1.37. The highest BCUT2D eigenvalue weighted by Gasteiger charge is 1.52. The van der Waals surface area contributed by atoms with Crippen molar-refractivity contribution in [3.8, 4) is 0 Å². The fraction of sp³-hybridized carbons (Fsp3) is 0. The van der Waals surface area contributed by atoms with Gasteiger partial charge in [-0.2, -0.15) is 0 Å². The van der Waals surface area contributed by atoms with Crippen LogP contribution in [0, 0.1) is 0 Å². The molecule has 0 aliphatic heterocycles. The minimum absolute atomic E-state index is 0.181. The van der Waals surface area contributed by atoms with Gasteiger partial charge in [-0.3, -0.25) is 9.68 Å². The lowest BCUT2D eigenvalue weighted by molar-refractivity contribution is -0.264. The van der Waals surface area contributed by atoms with Crippen LogP contribution in [0.4, 0.5) is 0 Å². The van der Waals surface area contributed by atoms with Gasteiger partial charge >= 0.3 is 6.47 Å². The molecular formula is CHO3. The van der Waals surface area contributed by atoms with Gasteiger partial charge in [0, 0.05) is 5.26 Å². The first-order chi connectivity index (χ1) is 1.91. The molecule has 0 aromatic carbocycles.